The highest BCUT2D eigenvalue weighted by Gasteiger charge is 2.20. The molecule has 5 rings (SSSR count). The zero-order chi connectivity index (χ0) is 22.9. The van der Waals surface area contributed by atoms with Crippen LogP contribution in [-0.2, 0) is 24.1 Å². The van der Waals surface area contributed by atoms with Crippen molar-refractivity contribution in [2.45, 2.75) is 19.3 Å². The molecule has 1 atom stereocenters. The van der Waals surface area contributed by atoms with Crippen LogP contribution in [0.25, 0.3) is 11.0 Å². The molecule has 0 saturated carbocycles. The Bertz CT molecular complexity index is 1360. The summed E-state index contributed by atoms with van der Waals surface area (Å²) in [5.74, 6) is 0.805. The van der Waals surface area contributed by atoms with Gasteiger partial charge in [0.05, 0.1) is 28.3 Å². The zero-order valence-electron chi connectivity index (χ0n) is 17.8. The van der Waals surface area contributed by atoms with Gasteiger partial charge in [-0.15, -0.1) is 0 Å². The highest BCUT2D eigenvalue weighted by molar-refractivity contribution is 7.81. The first-order chi connectivity index (χ1) is 16.0. The molecule has 0 saturated heterocycles. The lowest BCUT2D eigenvalue weighted by atomic mass is 10.0. The zero-order valence-corrected chi connectivity index (χ0v) is 18.7. The van der Waals surface area contributed by atoms with Crippen molar-refractivity contribution >= 4 is 45.1 Å². The summed E-state index contributed by atoms with van der Waals surface area (Å²) in [4.78, 5) is 0. The van der Waals surface area contributed by atoms with E-state index < -0.39 is 11.3 Å². The summed E-state index contributed by atoms with van der Waals surface area (Å²) in [6.07, 6.45) is 2.52. The highest BCUT2D eigenvalue weighted by atomic mass is 32.2. The smallest absolute Gasteiger partial charge is 0.136 e. The Morgan fingerprint density at radius 1 is 1.15 bits per heavy atom. The number of benzene rings is 3. The summed E-state index contributed by atoms with van der Waals surface area (Å²) >= 11 is -2.50. The fourth-order valence-electron chi connectivity index (χ4n) is 4.26. The number of rotatable bonds is 6. The van der Waals surface area contributed by atoms with Crippen LogP contribution in [0.15, 0.2) is 71.1 Å². The van der Waals surface area contributed by atoms with Crippen LogP contribution in [0.3, 0.4) is 0 Å². The normalized spacial score (nSPS) is 13.8. The van der Waals surface area contributed by atoms with Crippen LogP contribution in [0.2, 0.25) is 0 Å². The van der Waals surface area contributed by atoms with Crippen molar-refractivity contribution in [1.82, 2.24) is 0 Å². The first kappa shape index (κ1) is 21.2. The third-order valence-electron chi connectivity index (χ3n) is 5.85. The summed E-state index contributed by atoms with van der Waals surface area (Å²) in [6.45, 7) is 0.817. The third-order valence-corrected chi connectivity index (χ3v) is 6.56. The fourth-order valence-corrected chi connectivity index (χ4v) is 4.86. The van der Waals surface area contributed by atoms with E-state index in [4.69, 9.17) is 15.6 Å². The maximum absolute atomic E-state index is 12.3. The molecule has 8 heteroatoms. The second-order valence-electron chi connectivity index (χ2n) is 8.08. The Kier molecular flexibility index (Phi) is 5.62. The minimum Gasteiger partial charge on any atom is -0.755 e. The molecular weight excluding hydrogens is 436 g/mol. The number of aryl methyl sites for hydroxylation is 1. The molecule has 0 radical (unpaired) electrons. The van der Waals surface area contributed by atoms with Crippen LogP contribution in [0, 0.1) is 5.41 Å². The second kappa shape index (κ2) is 8.73. The number of furan rings is 1. The van der Waals surface area contributed by atoms with Gasteiger partial charge in [-0.2, -0.15) is 0 Å². The van der Waals surface area contributed by atoms with Gasteiger partial charge < -0.3 is 20.0 Å². The van der Waals surface area contributed by atoms with Crippen LogP contribution in [0.5, 0.6) is 0 Å². The molecule has 4 N–H and O–H groups in total. The SMILES string of the molecule is N=C(N)c1ccc(Cc2cc3ccc(N(c4cccc5c4NCCC5)S(=O)[O-])cc3o2)cc1. The Labute approximate surface area is 194 Å². The van der Waals surface area contributed by atoms with E-state index in [9.17, 15) is 8.76 Å². The molecular formula is C25H23N4O3S-. The van der Waals surface area contributed by atoms with Crippen molar-refractivity contribution in [3.63, 3.8) is 0 Å². The van der Waals surface area contributed by atoms with Crippen molar-refractivity contribution < 1.29 is 13.2 Å². The monoisotopic (exact) mass is 459 g/mol. The lowest BCUT2D eigenvalue weighted by molar-refractivity contribution is 0.537. The number of nitrogen functional groups attached to an aromatic ring is 1. The fraction of sp³-hybridized carbons (Fsp3) is 0.160. The van der Waals surface area contributed by atoms with E-state index in [1.165, 1.54) is 4.31 Å². The van der Waals surface area contributed by atoms with E-state index in [-0.39, 0.29) is 5.84 Å². The number of hydrogen-bond acceptors (Lipinski definition) is 5. The molecule has 7 nitrogen and oxygen atoms in total. The number of hydrogen-bond donors (Lipinski definition) is 3. The van der Waals surface area contributed by atoms with Crippen LogP contribution < -0.4 is 15.4 Å². The summed E-state index contributed by atoms with van der Waals surface area (Å²) in [5.41, 5.74) is 11.0. The minimum absolute atomic E-state index is 0.0352. The number of nitrogens with zero attached hydrogens (tertiary/aromatic N) is 1. The van der Waals surface area contributed by atoms with Crippen molar-refractivity contribution in [3.8, 4) is 0 Å². The van der Waals surface area contributed by atoms with Gasteiger partial charge in [-0.1, -0.05) is 36.4 Å². The van der Waals surface area contributed by atoms with E-state index in [1.807, 2.05) is 54.6 Å². The molecule has 1 aliphatic rings. The van der Waals surface area contributed by atoms with Gasteiger partial charge in [0.15, 0.2) is 0 Å². The van der Waals surface area contributed by atoms with Crippen molar-refractivity contribution in [2.24, 2.45) is 5.73 Å². The lowest BCUT2D eigenvalue weighted by Crippen LogP contribution is -2.23. The Morgan fingerprint density at radius 2 is 1.97 bits per heavy atom. The van der Waals surface area contributed by atoms with Crippen LogP contribution in [0.4, 0.5) is 17.1 Å². The molecule has 0 bridgehead atoms. The number of para-hydroxylation sites is 1. The van der Waals surface area contributed by atoms with Gasteiger partial charge in [0.25, 0.3) is 0 Å². The lowest BCUT2D eigenvalue weighted by Gasteiger charge is -2.31. The van der Waals surface area contributed by atoms with Crippen molar-refractivity contribution in [3.05, 3.63) is 89.2 Å². The van der Waals surface area contributed by atoms with Gasteiger partial charge in [-0.05, 0) is 48.2 Å². The molecule has 1 aliphatic heterocycles. The number of fused-ring (bicyclic) bond motifs is 2. The highest BCUT2D eigenvalue weighted by Crippen LogP contribution is 2.38. The average molecular weight is 460 g/mol. The van der Waals surface area contributed by atoms with Gasteiger partial charge in [-0.3, -0.25) is 13.9 Å². The molecule has 33 heavy (non-hydrogen) atoms. The Hall–Kier alpha value is -3.62. The molecule has 0 fully saturated rings. The Morgan fingerprint density at radius 3 is 2.73 bits per heavy atom. The van der Waals surface area contributed by atoms with E-state index >= 15 is 0 Å². The van der Waals surface area contributed by atoms with Gasteiger partial charge in [0, 0.05) is 30.0 Å². The first-order valence-electron chi connectivity index (χ1n) is 10.7. The maximum Gasteiger partial charge on any atom is 0.136 e. The summed E-state index contributed by atoms with van der Waals surface area (Å²) in [6, 6.07) is 20.6. The average Bonchev–Trinajstić information content (AvgIpc) is 3.21. The first-order valence-corrected chi connectivity index (χ1v) is 11.7. The van der Waals surface area contributed by atoms with Crippen LogP contribution in [-0.4, -0.2) is 21.1 Å². The quantitative estimate of drug-likeness (QED) is 0.221. The predicted octanol–water partition coefficient (Wildman–Crippen LogP) is 4.60. The van der Waals surface area contributed by atoms with E-state index in [0.717, 1.165) is 47.3 Å². The number of nitrogens with two attached hydrogens (primary N) is 1. The van der Waals surface area contributed by atoms with Gasteiger partial charge >= 0.3 is 0 Å². The standard InChI is InChI=1S/C25H24N4O3S/c26-25(27)18-8-6-16(7-9-18)13-21-14-19-10-11-20(15-23(19)32-21)29(33(30)31)22-5-1-3-17-4-2-12-28-24(17)22/h1,3,5-11,14-15,28H,2,4,12-13H2,(H3,26,27)(H,30,31)/p-1. The number of amidine groups is 1. The summed E-state index contributed by atoms with van der Waals surface area (Å²) in [7, 11) is 0. The van der Waals surface area contributed by atoms with Crippen molar-refractivity contribution in [1.29, 1.82) is 5.41 Å². The molecule has 0 aliphatic carbocycles. The molecule has 1 unspecified atom stereocenters. The van der Waals surface area contributed by atoms with Gasteiger partial charge in [0.1, 0.15) is 17.2 Å². The maximum atomic E-state index is 12.3. The Balaban J connectivity index is 1.47. The number of nitrogens with one attached hydrogen (secondary N) is 2. The van der Waals surface area contributed by atoms with E-state index in [1.54, 1.807) is 12.1 Å². The molecule has 1 aromatic heterocycles. The summed E-state index contributed by atoms with van der Waals surface area (Å²) in [5, 5.41) is 11.8. The number of anilines is 3. The van der Waals surface area contributed by atoms with Crippen molar-refractivity contribution in [2.75, 3.05) is 16.2 Å². The molecule has 4 aromatic rings. The summed E-state index contributed by atoms with van der Waals surface area (Å²) < 4.78 is 31.9. The topological polar surface area (TPSA) is 118 Å². The van der Waals surface area contributed by atoms with Crippen LogP contribution in [0.1, 0.15) is 28.9 Å². The molecule has 2 heterocycles. The molecule has 3 aromatic carbocycles. The van der Waals surface area contributed by atoms with E-state index in [2.05, 4.69) is 5.32 Å². The molecule has 0 spiro atoms. The van der Waals surface area contributed by atoms with Gasteiger partial charge in [-0.25, -0.2) is 0 Å². The van der Waals surface area contributed by atoms with Crippen LogP contribution >= 0.6 is 0 Å². The van der Waals surface area contributed by atoms with Gasteiger partial charge in [0.2, 0.25) is 0 Å². The predicted molar refractivity (Wildman–Crippen MR) is 131 cm³/mol. The second-order valence-corrected chi connectivity index (χ2v) is 8.87. The largest absolute Gasteiger partial charge is 0.755 e. The van der Waals surface area contributed by atoms with E-state index in [0.29, 0.717) is 28.9 Å². The molecule has 168 valence electrons. The molecule has 0 amide bonds. The minimum atomic E-state index is -2.50. The third kappa shape index (κ3) is 4.22.